The second-order valence-electron chi connectivity index (χ2n) is 4.86. The van der Waals surface area contributed by atoms with Crippen molar-refractivity contribution in [3.63, 3.8) is 0 Å². The molecule has 0 aliphatic heterocycles. The predicted octanol–water partition coefficient (Wildman–Crippen LogP) is 2.78. The lowest BCUT2D eigenvalue weighted by Crippen LogP contribution is -2.24. The van der Waals surface area contributed by atoms with Crippen molar-refractivity contribution in [2.45, 2.75) is 26.3 Å². The maximum atomic E-state index is 13.6. The molecule has 0 saturated carbocycles. The van der Waals surface area contributed by atoms with Crippen LogP contribution in [0.5, 0.6) is 0 Å². The van der Waals surface area contributed by atoms with Crippen LogP contribution in [0.25, 0.3) is 0 Å². The lowest BCUT2D eigenvalue weighted by Gasteiger charge is -2.19. The van der Waals surface area contributed by atoms with Crippen LogP contribution < -0.4 is 5.32 Å². The zero-order valence-electron chi connectivity index (χ0n) is 11.5. The fourth-order valence-corrected chi connectivity index (χ4v) is 1.79. The van der Waals surface area contributed by atoms with Crippen molar-refractivity contribution >= 4 is 11.5 Å². The van der Waals surface area contributed by atoms with Gasteiger partial charge < -0.3 is 10.2 Å². The van der Waals surface area contributed by atoms with E-state index in [1.165, 1.54) is 13.0 Å². The number of halogens is 1. The fraction of sp³-hybridized carbons (Fsp3) is 0.500. The highest BCUT2D eigenvalue weighted by Gasteiger charge is 2.14. The Morgan fingerprint density at radius 1 is 1.44 bits per heavy atom. The van der Waals surface area contributed by atoms with Gasteiger partial charge in [-0.15, -0.1) is 0 Å². The Bertz CT molecular complexity index is 418. The Kier molecular flexibility index (Phi) is 5.28. The molecule has 0 saturated heterocycles. The highest BCUT2D eigenvalue weighted by molar-refractivity contribution is 5.99. The summed E-state index contributed by atoms with van der Waals surface area (Å²) in [6, 6.07) is 4.86. The van der Waals surface area contributed by atoms with Crippen LogP contribution in [0.4, 0.5) is 10.1 Å². The predicted molar refractivity (Wildman–Crippen MR) is 72.7 cm³/mol. The van der Waals surface area contributed by atoms with Crippen molar-refractivity contribution in [3.8, 4) is 0 Å². The summed E-state index contributed by atoms with van der Waals surface area (Å²) < 4.78 is 13.6. The first-order chi connectivity index (χ1) is 8.41. The lowest BCUT2D eigenvalue weighted by atomic mass is 10.1. The molecule has 1 aromatic carbocycles. The Morgan fingerprint density at radius 2 is 2.11 bits per heavy atom. The lowest BCUT2D eigenvalue weighted by molar-refractivity contribution is 0.101. The summed E-state index contributed by atoms with van der Waals surface area (Å²) in [5.41, 5.74) is 0.725. The van der Waals surface area contributed by atoms with E-state index in [9.17, 15) is 9.18 Å². The van der Waals surface area contributed by atoms with Gasteiger partial charge in [0.2, 0.25) is 0 Å². The first-order valence-electron chi connectivity index (χ1n) is 6.12. The van der Waals surface area contributed by atoms with E-state index in [0.29, 0.717) is 5.69 Å². The molecule has 0 bridgehead atoms. The van der Waals surface area contributed by atoms with E-state index in [0.717, 1.165) is 13.0 Å². The number of carbonyl (C=O) groups excluding carboxylic acids is 1. The van der Waals surface area contributed by atoms with E-state index in [-0.39, 0.29) is 17.4 Å². The van der Waals surface area contributed by atoms with Crippen LogP contribution in [0.1, 0.15) is 30.6 Å². The Labute approximate surface area is 108 Å². The molecule has 0 aromatic heterocycles. The summed E-state index contributed by atoms with van der Waals surface area (Å²) in [5, 5.41) is 3.20. The number of nitrogens with one attached hydrogen (secondary N) is 1. The van der Waals surface area contributed by atoms with Crippen molar-refractivity contribution in [1.29, 1.82) is 0 Å². The first kappa shape index (κ1) is 14.6. The van der Waals surface area contributed by atoms with Crippen LogP contribution in [0.3, 0.4) is 0 Å². The molecule has 0 aliphatic rings. The molecule has 1 atom stereocenters. The highest BCUT2D eigenvalue weighted by atomic mass is 19.1. The summed E-state index contributed by atoms with van der Waals surface area (Å²) in [5.74, 6) is -0.720. The molecular formula is C14H21FN2O. The van der Waals surface area contributed by atoms with Gasteiger partial charge in [-0.05, 0) is 53.0 Å². The quantitative estimate of drug-likeness (QED) is 0.790. The van der Waals surface area contributed by atoms with E-state index < -0.39 is 5.82 Å². The van der Waals surface area contributed by atoms with E-state index in [2.05, 4.69) is 10.2 Å². The number of Topliss-reactive ketones (excluding diaryl/α,β-unsaturated/α-hetero) is 1. The molecular weight excluding hydrogens is 231 g/mol. The maximum Gasteiger partial charge on any atom is 0.164 e. The number of nitrogens with zero attached hydrogens (tertiary/aromatic N) is 1. The standard InChI is InChI=1S/C14H21FN2O/c1-10(8-9-17(3)4)16-13-7-5-6-12(15)14(13)11(2)18/h5-7,10,16H,8-9H2,1-4H3/t10-/m0/s1. The third-order valence-corrected chi connectivity index (χ3v) is 2.78. The largest absolute Gasteiger partial charge is 0.382 e. The molecule has 0 spiro atoms. The third-order valence-electron chi connectivity index (χ3n) is 2.78. The number of rotatable bonds is 6. The van der Waals surface area contributed by atoms with Crippen LogP contribution in [0.2, 0.25) is 0 Å². The molecule has 0 unspecified atom stereocenters. The summed E-state index contributed by atoms with van der Waals surface area (Å²) in [4.78, 5) is 13.5. The second kappa shape index (κ2) is 6.50. The van der Waals surface area contributed by atoms with Gasteiger partial charge in [-0.3, -0.25) is 4.79 Å². The normalized spacial score (nSPS) is 12.6. The highest BCUT2D eigenvalue weighted by Crippen LogP contribution is 2.20. The van der Waals surface area contributed by atoms with Gasteiger partial charge in [0.25, 0.3) is 0 Å². The molecule has 4 heteroatoms. The van der Waals surface area contributed by atoms with Gasteiger partial charge in [-0.1, -0.05) is 6.07 Å². The van der Waals surface area contributed by atoms with Crippen LogP contribution in [-0.4, -0.2) is 37.4 Å². The van der Waals surface area contributed by atoms with Crippen molar-refractivity contribution < 1.29 is 9.18 Å². The minimum Gasteiger partial charge on any atom is -0.382 e. The molecule has 0 amide bonds. The number of ketones is 1. The van der Waals surface area contributed by atoms with Gasteiger partial charge in [0, 0.05) is 11.7 Å². The number of hydrogen-bond donors (Lipinski definition) is 1. The van der Waals surface area contributed by atoms with Crippen LogP contribution in [0.15, 0.2) is 18.2 Å². The summed E-state index contributed by atoms with van der Waals surface area (Å²) in [7, 11) is 4.02. The SMILES string of the molecule is CC(=O)c1c(F)cccc1N[C@@H](C)CCN(C)C. The number of anilines is 1. The number of benzene rings is 1. The van der Waals surface area contributed by atoms with Gasteiger partial charge in [-0.25, -0.2) is 4.39 Å². The molecule has 1 rings (SSSR count). The van der Waals surface area contributed by atoms with E-state index in [4.69, 9.17) is 0 Å². The second-order valence-corrected chi connectivity index (χ2v) is 4.86. The Hall–Kier alpha value is -1.42. The molecule has 1 aromatic rings. The zero-order valence-corrected chi connectivity index (χ0v) is 11.5. The van der Waals surface area contributed by atoms with Gasteiger partial charge in [0.05, 0.1) is 5.56 Å². The minimum atomic E-state index is -0.465. The minimum absolute atomic E-state index is 0.147. The Morgan fingerprint density at radius 3 is 2.67 bits per heavy atom. The third kappa shape index (κ3) is 4.11. The van der Waals surface area contributed by atoms with Gasteiger partial charge in [-0.2, -0.15) is 0 Å². The van der Waals surface area contributed by atoms with E-state index >= 15 is 0 Å². The smallest absolute Gasteiger partial charge is 0.164 e. The van der Waals surface area contributed by atoms with E-state index in [1.807, 2.05) is 21.0 Å². The average molecular weight is 252 g/mol. The van der Waals surface area contributed by atoms with Crippen LogP contribution in [0, 0.1) is 5.82 Å². The van der Waals surface area contributed by atoms with Gasteiger partial charge in [0.15, 0.2) is 5.78 Å². The summed E-state index contributed by atoms with van der Waals surface area (Å²) >= 11 is 0. The van der Waals surface area contributed by atoms with Gasteiger partial charge in [0.1, 0.15) is 5.82 Å². The molecule has 0 heterocycles. The monoisotopic (exact) mass is 252 g/mol. The summed E-state index contributed by atoms with van der Waals surface area (Å²) in [6.45, 7) is 4.35. The number of carbonyl (C=O) groups is 1. The molecule has 18 heavy (non-hydrogen) atoms. The topological polar surface area (TPSA) is 32.3 Å². The molecule has 100 valence electrons. The first-order valence-corrected chi connectivity index (χ1v) is 6.12. The fourth-order valence-electron chi connectivity index (χ4n) is 1.79. The van der Waals surface area contributed by atoms with Crippen molar-refractivity contribution in [2.75, 3.05) is 26.0 Å². The van der Waals surface area contributed by atoms with Crippen molar-refractivity contribution in [1.82, 2.24) is 4.90 Å². The van der Waals surface area contributed by atoms with Gasteiger partial charge >= 0.3 is 0 Å². The van der Waals surface area contributed by atoms with E-state index in [1.54, 1.807) is 12.1 Å². The van der Waals surface area contributed by atoms with Crippen molar-refractivity contribution in [3.05, 3.63) is 29.6 Å². The van der Waals surface area contributed by atoms with Crippen molar-refractivity contribution in [2.24, 2.45) is 0 Å². The molecule has 1 N–H and O–H groups in total. The van der Waals surface area contributed by atoms with Crippen LogP contribution in [-0.2, 0) is 0 Å². The number of hydrogen-bond acceptors (Lipinski definition) is 3. The Balaban J connectivity index is 2.78. The maximum absolute atomic E-state index is 13.6. The molecule has 3 nitrogen and oxygen atoms in total. The molecule has 0 fully saturated rings. The molecule has 0 aliphatic carbocycles. The average Bonchev–Trinajstić information content (AvgIpc) is 2.26. The van der Waals surface area contributed by atoms with Crippen LogP contribution >= 0.6 is 0 Å². The summed E-state index contributed by atoms with van der Waals surface area (Å²) in [6.07, 6.45) is 0.931. The molecule has 0 radical (unpaired) electrons. The zero-order chi connectivity index (χ0) is 13.7.